The van der Waals surface area contributed by atoms with Gasteiger partial charge in [-0.1, -0.05) is 43.7 Å². The average Bonchev–Trinajstić information content (AvgIpc) is 3.16. The predicted molar refractivity (Wildman–Crippen MR) is 86.4 cm³/mol. The van der Waals surface area contributed by atoms with Crippen LogP contribution in [0.5, 0.6) is 0 Å². The van der Waals surface area contributed by atoms with E-state index in [1.165, 1.54) is 41.0 Å². The van der Waals surface area contributed by atoms with Gasteiger partial charge in [0.05, 0.1) is 16.6 Å². The molecule has 1 aromatic carbocycles. The molecular formula is C17H20N2S. The normalized spacial score (nSPS) is 17.9. The Balaban J connectivity index is 1.64. The number of hydrogen-bond donors (Lipinski definition) is 1. The third-order valence-corrected chi connectivity index (χ3v) is 4.68. The summed E-state index contributed by atoms with van der Waals surface area (Å²) < 4.78 is 0. The molecule has 0 bridgehead atoms. The molecule has 2 aromatic rings. The zero-order chi connectivity index (χ0) is 13.8. The average molecular weight is 284 g/mol. The smallest absolute Gasteiger partial charge is 0.0799 e. The Kier molecular flexibility index (Phi) is 4.16. The van der Waals surface area contributed by atoms with Crippen LogP contribution in [-0.4, -0.2) is 5.71 Å². The van der Waals surface area contributed by atoms with Gasteiger partial charge in [-0.05, 0) is 35.4 Å². The number of rotatable bonds is 5. The van der Waals surface area contributed by atoms with E-state index < -0.39 is 0 Å². The summed E-state index contributed by atoms with van der Waals surface area (Å²) >= 11 is 1.76. The maximum absolute atomic E-state index is 4.49. The van der Waals surface area contributed by atoms with E-state index in [4.69, 9.17) is 0 Å². The van der Waals surface area contributed by atoms with Gasteiger partial charge in [-0.25, -0.2) is 0 Å². The second-order valence-electron chi connectivity index (χ2n) is 5.27. The molecule has 1 aliphatic heterocycles. The van der Waals surface area contributed by atoms with Crippen molar-refractivity contribution in [2.75, 3.05) is 0 Å². The van der Waals surface area contributed by atoms with Crippen molar-refractivity contribution in [2.24, 2.45) is 5.10 Å². The van der Waals surface area contributed by atoms with Crippen LogP contribution in [0.15, 0.2) is 46.9 Å². The summed E-state index contributed by atoms with van der Waals surface area (Å²) in [6.45, 7) is 2.24. The highest BCUT2D eigenvalue weighted by Gasteiger charge is 2.21. The van der Waals surface area contributed by atoms with Crippen molar-refractivity contribution in [3.8, 4) is 0 Å². The van der Waals surface area contributed by atoms with Crippen molar-refractivity contribution in [1.82, 2.24) is 5.43 Å². The number of benzene rings is 1. The number of aryl methyl sites for hydroxylation is 1. The molecule has 0 aliphatic carbocycles. The molecule has 104 valence electrons. The Morgan fingerprint density at radius 1 is 1.25 bits per heavy atom. The van der Waals surface area contributed by atoms with Crippen LogP contribution in [0, 0.1) is 0 Å². The van der Waals surface area contributed by atoms with Crippen molar-refractivity contribution in [2.45, 2.75) is 38.6 Å². The summed E-state index contributed by atoms with van der Waals surface area (Å²) in [6, 6.07) is 13.6. The van der Waals surface area contributed by atoms with E-state index in [0.717, 1.165) is 6.42 Å². The monoisotopic (exact) mass is 284 g/mol. The lowest BCUT2D eigenvalue weighted by Crippen LogP contribution is -2.09. The van der Waals surface area contributed by atoms with Gasteiger partial charge in [0.25, 0.3) is 0 Å². The summed E-state index contributed by atoms with van der Waals surface area (Å²) in [6.07, 6.45) is 4.69. The summed E-state index contributed by atoms with van der Waals surface area (Å²) in [5.74, 6) is 0. The lowest BCUT2D eigenvalue weighted by Gasteiger charge is -2.11. The van der Waals surface area contributed by atoms with E-state index in [1.807, 2.05) is 0 Å². The second kappa shape index (κ2) is 6.23. The van der Waals surface area contributed by atoms with E-state index in [-0.39, 0.29) is 0 Å². The Morgan fingerprint density at radius 2 is 2.10 bits per heavy atom. The zero-order valence-corrected chi connectivity index (χ0v) is 12.6. The number of nitrogens with zero attached hydrogens (tertiary/aromatic N) is 1. The van der Waals surface area contributed by atoms with Crippen molar-refractivity contribution in [1.29, 1.82) is 0 Å². The summed E-state index contributed by atoms with van der Waals surface area (Å²) in [7, 11) is 0. The van der Waals surface area contributed by atoms with Gasteiger partial charge >= 0.3 is 0 Å². The predicted octanol–water partition coefficient (Wildman–Crippen LogP) is 4.53. The van der Waals surface area contributed by atoms with Crippen LogP contribution in [-0.2, 0) is 6.42 Å². The molecule has 3 rings (SSSR count). The molecule has 1 atom stereocenters. The maximum atomic E-state index is 4.49. The number of thiophene rings is 1. The van der Waals surface area contributed by atoms with Crippen LogP contribution in [0.4, 0.5) is 0 Å². The molecule has 0 amide bonds. The Morgan fingerprint density at radius 3 is 2.80 bits per heavy atom. The van der Waals surface area contributed by atoms with Gasteiger partial charge in [0.2, 0.25) is 0 Å². The van der Waals surface area contributed by atoms with Gasteiger partial charge in [-0.15, -0.1) is 11.3 Å². The van der Waals surface area contributed by atoms with Gasteiger partial charge in [0.1, 0.15) is 0 Å². The Labute approximate surface area is 124 Å². The first-order valence-corrected chi connectivity index (χ1v) is 8.19. The van der Waals surface area contributed by atoms with Crippen LogP contribution in [0.1, 0.15) is 48.2 Å². The lowest BCUT2D eigenvalue weighted by molar-refractivity contribution is 0.619. The highest BCUT2D eigenvalue weighted by atomic mass is 32.1. The molecule has 1 aromatic heterocycles. The van der Waals surface area contributed by atoms with Gasteiger partial charge in [-0.2, -0.15) is 5.10 Å². The van der Waals surface area contributed by atoms with E-state index in [2.05, 4.69) is 59.2 Å². The molecule has 0 radical (unpaired) electrons. The van der Waals surface area contributed by atoms with E-state index >= 15 is 0 Å². The first-order chi connectivity index (χ1) is 9.86. The quantitative estimate of drug-likeness (QED) is 0.857. The fourth-order valence-corrected chi connectivity index (χ4v) is 3.25. The van der Waals surface area contributed by atoms with E-state index in [1.54, 1.807) is 11.3 Å². The lowest BCUT2D eigenvalue weighted by atomic mass is 9.99. The minimum atomic E-state index is 0.326. The molecule has 1 N–H and O–H groups in total. The highest BCUT2D eigenvalue weighted by molar-refractivity contribution is 7.12. The molecule has 1 aliphatic rings. The zero-order valence-electron chi connectivity index (χ0n) is 11.8. The van der Waals surface area contributed by atoms with Crippen LogP contribution in [0.25, 0.3) is 0 Å². The van der Waals surface area contributed by atoms with Gasteiger partial charge in [-0.3, -0.25) is 0 Å². The third-order valence-electron chi connectivity index (χ3n) is 3.76. The largest absolute Gasteiger partial charge is 0.302 e. The van der Waals surface area contributed by atoms with E-state index in [0.29, 0.717) is 6.04 Å². The first kappa shape index (κ1) is 13.4. The molecule has 20 heavy (non-hydrogen) atoms. The molecule has 3 heteroatoms. The first-order valence-electron chi connectivity index (χ1n) is 7.31. The number of hydrogen-bond acceptors (Lipinski definition) is 3. The maximum Gasteiger partial charge on any atom is 0.0799 e. The molecule has 0 saturated carbocycles. The Hall–Kier alpha value is -1.61. The second-order valence-corrected chi connectivity index (χ2v) is 6.21. The Bertz CT molecular complexity index is 570. The molecule has 2 nitrogen and oxygen atoms in total. The molecule has 0 saturated heterocycles. The van der Waals surface area contributed by atoms with Gasteiger partial charge in [0, 0.05) is 6.42 Å². The fraction of sp³-hybridized carbons (Fsp3) is 0.353. The highest BCUT2D eigenvalue weighted by Crippen LogP contribution is 2.26. The summed E-state index contributed by atoms with van der Waals surface area (Å²) in [5.41, 5.74) is 7.22. The minimum Gasteiger partial charge on any atom is -0.302 e. The third kappa shape index (κ3) is 2.93. The van der Waals surface area contributed by atoms with Gasteiger partial charge < -0.3 is 5.43 Å². The summed E-state index contributed by atoms with van der Waals surface area (Å²) in [5, 5.41) is 6.59. The van der Waals surface area contributed by atoms with Gasteiger partial charge in [0.15, 0.2) is 0 Å². The van der Waals surface area contributed by atoms with Crippen molar-refractivity contribution in [3.63, 3.8) is 0 Å². The molecule has 2 heterocycles. The topological polar surface area (TPSA) is 24.4 Å². The number of hydrazone groups is 1. The number of unbranched alkanes of at least 4 members (excludes halogenated alkanes) is 1. The standard InChI is InChI=1S/C17H20N2S/c1-2-3-5-13-7-9-14(10-8-13)15-12-16(19-18-15)17-6-4-11-20-17/h4,6-11,15,18H,2-3,5,12H2,1H3. The summed E-state index contributed by atoms with van der Waals surface area (Å²) in [4.78, 5) is 1.28. The minimum absolute atomic E-state index is 0.326. The van der Waals surface area contributed by atoms with Crippen molar-refractivity contribution >= 4 is 17.0 Å². The molecular weight excluding hydrogens is 264 g/mol. The van der Waals surface area contributed by atoms with E-state index in [9.17, 15) is 0 Å². The van der Waals surface area contributed by atoms with Crippen molar-refractivity contribution < 1.29 is 0 Å². The number of nitrogens with one attached hydrogen (secondary N) is 1. The van der Waals surface area contributed by atoms with Crippen LogP contribution in [0.2, 0.25) is 0 Å². The van der Waals surface area contributed by atoms with Crippen LogP contribution in [0.3, 0.4) is 0 Å². The van der Waals surface area contributed by atoms with Crippen LogP contribution >= 0.6 is 11.3 Å². The molecule has 0 fully saturated rings. The molecule has 1 unspecified atom stereocenters. The SMILES string of the molecule is CCCCc1ccc(C2CC(c3cccs3)=NN2)cc1. The fourth-order valence-electron chi connectivity index (χ4n) is 2.53. The molecule has 0 spiro atoms. The van der Waals surface area contributed by atoms with Crippen molar-refractivity contribution in [3.05, 3.63) is 57.8 Å². The van der Waals surface area contributed by atoms with Crippen LogP contribution < -0.4 is 5.43 Å².